The van der Waals surface area contributed by atoms with E-state index < -0.39 is 16.0 Å². The van der Waals surface area contributed by atoms with Gasteiger partial charge in [0.2, 0.25) is 10.0 Å². The summed E-state index contributed by atoms with van der Waals surface area (Å²) in [6.07, 6.45) is 0. The highest BCUT2D eigenvalue weighted by atomic mass is 32.2. The van der Waals surface area contributed by atoms with Crippen molar-refractivity contribution in [1.82, 2.24) is 9.62 Å². The molecule has 0 spiro atoms. The summed E-state index contributed by atoms with van der Waals surface area (Å²) in [7, 11) is -2.18. The zero-order chi connectivity index (χ0) is 15.0. The van der Waals surface area contributed by atoms with Crippen molar-refractivity contribution in [2.75, 3.05) is 33.3 Å². The van der Waals surface area contributed by atoms with E-state index in [9.17, 15) is 13.2 Å². The van der Waals surface area contributed by atoms with Crippen molar-refractivity contribution in [3.8, 4) is 0 Å². The van der Waals surface area contributed by atoms with Crippen LogP contribution >= 0.6 is 0 Å². The summed E-state index contributed by atoms with van der Waals surface area (Å²) in [6.45, 7) is 2.91. The standard InChI is InChI=1S/C14H18N2O4S/c1-20-14(17)10-2-4-13(5-3-10)21(18,19)16-8-11-6-15-7-12(11)9-16/h2-5,11-12,15H,6-9H2,1H3. The molecule has 21 heavy (non-hydrogen) atoms. The van der Waals surface area contributed by atoms with E-state index in [2.05, 4.69) is 10.1 Å². The van der Waals surface area contributed by atoms with Crippen LogP contribution in [0.5, 0.6) is 0 Å². The Bertz CT molecular complexity index is 629. The maximum atomic E-state index is 12.6. The molecule has 0 amide bonds. The lowest BCUT2D eigenvalue weighted by Gasteiger charge is -2.17. The highest BCUT2D eigenvalue weighted by molar-refractivity contribution is 7.89. The molecular weight excluding hydrogens is 292 g/mol. The molecule has 3 rings (SSSR count). The topological polar surface area (TPSA) is 75.7 Å². The van der Waals surface area contributed by atoms with Crippen LogP contribution in [-0.2, 0) is 14.8 Å². The average molecular weight is 310 g/mol. The van der Waals surface area contributed by atoms with Crippen molar-refractivity contribution in [3.05, 3.63) is 29.8 Å². The van der Waals surface area contributed by atoms with Crippen LogP contribution in [0.25, 0.3) is 0 Å². The molecule has 0 aliphatic carbocycles. The molecule has 2 aliphatic heterocycles. The first-order valence-corrected chi connectivity index (χ1v) is 8.35. The fraction of sp³-hybridized carbons (Fsp3) is 0.500. The number of benzene rings is 1. The lowest BCUT2D eigenvalue weighted by Crippen LogP contribution is -2.31. The molecule has 1 aromatic carbocycles. The highest BCUT2D eigenvalue weighted by Gasteiger charge is 2.41. The smallest absolute Gasteiger partial charge is 0.337 e. The summed E-state index contributed by atoms with van der Waals surface area (Å²) in [5.41, 5.74) is 0.346. The predicted molar refractivity (Wildman–Crippen MR) is 76.4 cm³/mol. The normalized spacial score (nSPS) is 25.8. The lowest BCUT2D eigenvalue weighted by atomic mass is 10.0. The third-order valence-electron chi connectivity index (χ3n) is 4.27. The largest absolute Gasteiger partial charge is 0.465 e. The second kappa shape index (κ2) is 5.40. The van der Waals surface area contributed by atoms with Gasteiger partial charge in [-0.3, -0.25) is 0 Å². The van der Waals surface area contributed by atoms with Gasteiger partial charge in [0, 0.05) is 13.1 Å². The Hall–Kier alpha value is -1.44. The van der Waals surface area contributed by atoms with Crippen molar-refractivity contribution in [1.29, 1.82) is 0 Å². The fourth-order valence-corrected chi connectivity index (χ4v) is 4.59. The van der Waals surface area contributed by atoms with Gasteiger partial charge < -0.3 is 10.1 Å². The molecule has 2 saturated heterocycles. The van der Waals surface area contributed by atoms with Gasteiger partial charge in [-0.1, -0.05) is 0 Å². The van der Waals surface area contributed by atoms with Crippen molar-refractivity contribution >= 4 is 16.0 Å². The van der Waals surface area contributed by atoms with E-state index in [-0.39, 0.29) is 4.90 Å². The van der Waals surface area contributed by atoms with Gasteiger partial charge in [0.15, 0.2) is 0 Å². The van der Waals surface area contributed by atoms with Crippen LogP contribution in [0.3, 0.4) is 0 Å². The molecule has 2 unspecified atom stereocenters. The predicted octanol–water partition coefficient (Wildman–Crippen LogP) is 0.313. The minimum Gasteiger partial charge on any atom is -0.465 e. The first-order valence-electron chi connectivity index (χ1n) is 6.91. The molecule has 0 saturated carbocycles. The number of nitrogens with one attached hydrogen (secondary N) is 1. The summed E-state index contributed by atoms with van der Waals surface area (Å²) in [5, 5.41) is 3.29. The van der Waals surface area contributed by atoms with Gasteiger partial charge in [0.05, 0.1) is 17.6 Å². The molecule has 2 aliphatic rings. The average Bonchev–Trinajstić information content (AvgIpc) is 3.08. The van der Waals surface area contributed by atoms with Gasteiger partial charge in [-0.15, -0.1) is 0 Å². The number of hydrogen-bond acceptors (Lipinski definition) is 5. The summed E-state index contributed by atoms with van der Waals surface area (Å²) in [4.78, 5) is 11.6. The second-order valence-electron chi connectivity index (χ2n) is 5.52. The van der Waals surface area contributed by atoms with Gasteiger partial charge in [-0.2, -0.15) is 4.31 Å². The minimum absolute atomic E-state index is 0.225. The molecule has 6 nitrogen and oxygen atoms in total. The van der Waals surface area contributed by atoms with Gasteiger partial charge in [-0.05, 0) is 49.2 Å². The number of nitrogens with zero attached hydrogens (tertiary/aromatic N) is 1. The van der Waals surface area contributed by atoms with E-state index in [0.717, 1.165) is 13.1 Å². The molecule has 114 valence electrons. The molecule has 0 aromatic heterocycles. The van der Waals surface area contributed by atoms with E-state index in [0.29, 0.717) is 30.5 Å². The van der Waals surface area contributed by atoms with Crippen LogP contribution in [-0.4, -0.2) is 52.0 Å². The van der Waals surface area contributed by atoms with Crippen LogP contribution in [0.1, 0.15) is 10.4 Å². The highest BCUT2D eigenvalue weighted by Crippen LogP contribution is 2.30. The van der Waals surface area contributed by atoms with E-state index in [1.54, 1.807) is 4.31 Å². The maximum absolute atomic E-state index is 12.6. The molecule has 7 heteroatoms. The van der Waals surface area contributed by atoms with Gasteiger partial charge in [0.25, 0.3) is 0 Å². The van der Waals surface area contributed by atoms with Gasteiger partial charge in [-0.25, -0.2) is 13.2 Å². The molecule has 2 fully saturated rings. The molecule has 2 heterocycles. The Morgan fingerprint density at radius 1 is 1.19 bits per heavy atom. The molecule has 1 aromatic rings. The number of carbonyl (C=O) groups excluding carboxylic acids is 1. The summed E-state index contributed by atoms with van der Waals surface area (Å²) in [5.74, 6) is 0.351. The maximum Gasteiger partial charge on any atom is 0.337 e. The van der Waals surface area contributed by atoms with Crippen LogP contribution in [0.15, 0.2) is 29.2 Å². The van der Waals surface area contributed by atoms with Gasteiger partial charge in [0.1, 0.15) is 0 Å². The second-order valence-corrected chi connectivity index (χ2v) is 7.45. The molecule has 0 bridgehead atoms. The van der Waals surface area contributed by atoms with Crippen LogP contribution in [0, 0.1) is 11.8 Å². The quantitative estimate of drug-likeness (QED) is 0.814. The zero-order valence-corrected chi connectivity index (χ0v) is 12.6. The third kappa shape index (κ3) is 2.56. The molecule has 2 atom stereocenters. The van der Waals surface area contributed by atoms with Crippen molar-refractivity contribution < 1.29 is 17.9 Å². The lowest BCUT2D eigenvalue weighted by molar-refractivity contribution is 0.0600. The summed E-state index contributed by atoms with van der Waals surface area (Å²) < 4.78 is 31.4. The monoisotopic (exact) mass is 310 g/mol. The Morgan fingerprint density at radius 3 is 2.29 bits per heavy atom. The van der Waals surface area contributed by atoms with Crippen molar-refractivity contribution in [2.24, 2.45) is 11.8 Å². The van der Waals surface area contributed by atoms with E-state index in [1.165, 1.54) is 31.4 Å². The number of rotatable bonds is 3. The Kier molecular flexibility index (Phi) is 3.73. The third-order valence-corrected chi connectivity index (χ3v) is 6.12. The first kappa shape index (κ1) is 14.5. The number of fused-ring (bicyclic) bond motifs is 1. The summed E-state index contributed by atoms with van der Waals surface area (Å²) >= 11 is 0. The van der Waals surface area contributed by atoms with E-state index in [1.807, 2.05) is 0 Å². The van der Waals surface area contributed by atoms with Crippen LogP contribution in [0.4, 0.5) is 0 Å². The van der Waals surface area contributed by atoms with E-state index in [4.69, 9.17) is 0 Å². The number of methoxy groups -OCH3 is 1. The summed E-state index contributed by atoms with van der Waals surface area (Å²) in [6, 6.07) is 5.90. The van der Waals surface area contributed by atoms with Crippen molar-refractivity contribution in [2.45, 2.75) is 4.90 Å². The molecule has 0 radical (unpaired) electrons. The Balaban J connectivity index is 1.80. The number of hydrogen-bond donors (Lipinski definition) is 1. The Morgan fingerprint density at radius 2 is 1.76 bits per heavy atom. The minimum atomic E-state index is -3.48. The van der Waals surface area contributed by atoms with Crippen LogP contribution < -0.4 is 5.32 Å². The van der Waals surface area contributed by atoms with E-state index >= 15 is 0 Å². The van der Waals surface area contributed by atoms with Crippen LogP contribution in [0.2, 0.25) is 0 Å². The molecule has 1 N–H and O–H groups in total. The zero-order valence-electron chi connectivity index (χ0n) is 11.8. The fourth-order valence-electron chi connectivity index (χ4n) is 3.04. The number of sulfonamides is 1. The first-order chi connectivity index (χ1) is 10.0. The van der Waals surface area contributed by atoms with Gasteiger partial charge >= 0.3 is 5.97 Å². The van der Waals surface area contributed by atoms with Crippen molar-refractivity contribution in [3.63, 3.8) is 0 Å². The SMILES string of the molecule is COC(=O)c1ccc(S(=O)(=O)N2CC3CNCC3C2)cc1. The number of carbonyl (C=O) groups is 1. The number of ether oxygens (including phenoxy) is 1. The number of esters is 1. The Labute approximate surface area is 124 Å². The molecular formula is C14H18N2O4S.